The maximum absolute atomic E-state index is 12.4. The summed E-state index contributed by atoms with van der Waals surface area (Å²) in [4.78, 5) is 27.9. The van der Waals surface area contributed by atoms with E-state index < -0.39 is 0 Å². The van der Waals surface area contributed by atoms with Crippen LogP contribution in [-0.2, 0) is 14.3 Å². The zero-order chi connectivity index (χ0) is 14.5. The minimum Gasteiger partial charge on any atom is -0.469 e. The van der Waals surface area contributed by atoms with E-state index in [1.54, 1.807) is 0 Å². The third-order valence-electron chi connectivity index (χ3n) is 4.59. The number of nitrogens with zero attached hydrogens (tertiary/aromatic N) is 2. The lowest BCUT2D eigenvalue weighted by atomic mass is 9.84. The number of amides is 1. The second-order valence-electron chi connectivity index (χ2n) is 6.04. The monoisotopic (exact) mass is 282 g/mol. The summed E-state index contributed by atoms with van der Waals surface area (Å²) in [7, 11) is 3.55. The highest BCUT2D eigenvalue weighted by molar-refractivity contribution is 5.77. The van der Waals surface area contributed by atoms with Crippen LogP contribution >= 0.6 is 0 Å². The quantitative estimate of drug-likeness (QED) is 0.729. The Bertz CT molecular complexity index is 359. The topological polar surface area (TPSA) is 49.9 Å². The summed E-state index contributed by atoms with van der Waals surface area (Å²) in [5.74, 6) is 0.619. The van der Waals surface area contributed by atoms with E-state index in [2.05, 4.69) is 21.6 Å². The highest BCUT2D eigenvalue weighted by Crippen LogP contribution is 2.30. The van der Waals surface area contributed by atoms with Gasteiger partial charge in [0.1, 0.15) is 0 Å². The van der Waals surface area contributed by atoms with Crippen LogP contribution in [0.4, 0.5) is 0 Å². The van der Waals surface area contributed by atoms with Gasteiger partial charge in [-0.3, -0.25) is 9.59 Å². The van der Waals surface area contributed by atoms with Gasteiger partial charge in [0.05, 0.1) is 7.11 Å². The van der Waals surface area contributed by atoms with Gasteiger partial charge in [-0.1, -0.05) is 0 Å². The largest absolute Gasteiger partial charge is 0.469 e. The number of methoxy groups -OCH3 is 1. The molecule has 2 rings (SSSR count). The van der Waals surface area contributed by atoms with Gasteiger partial charge < -0.3 is 14.5 Å². The van der Waals surface area contributed by atoms with Crippen LogP contribution in [0.25, 0.3) is 0 Å². The number of carbonyl (C=O) groups excluding carboxylic acids is 2. The van der Waals surface area contributed by atoms with Crippen molar-refractivity contribution in [2.24, 2.45) is 5.92 Å². The van der Waals surface area contributed by atoms with Crippen molar-refractivity contribution in [3.63, 3.8) is 0 Å². The molecule has 114 valence electrons. The molecule has 2 fully saturated rings. The number of likely N-dealkylation sites (tertiary alicyclic amines) is 2. The van der Waals surface area contributed by atoms with E-state index in [0.29, 0.717) is 31.2 Å². The van der Waals surface area contributed by atoms with Crippen molar-refractivity contribution >= 4 is 11.9 Å². The first-order chi connectivity index (χ1) is 9.61. The molecular formula is C15H26N2O3. The Labute approximate surface area is 121 Å². The molecule has 0 radical (unpaired) electrons. The van der Waals surface area contributed by atoms with Gasteiger partial charge in [0.25, 0.3) is 0 Å². The van der Waals surface area contributed by atoms with Crippen LogP contribution in [0.2, 0.25) is 0 Å². The normalized spacial score (nSPS) is 27.0. The van der Waals surface area contributed by atoms with Gasteiger partial charge in [-0.15, -0.1) is 0 Å². The number of piperidine rings is 2. The minimum atomic E-state index is -0.228. The number of ether oxygens (including phenoxy) is 1. The Morgan fingerprint density at radius 1 is 1.20 bits per heavy atom. The molecule has 1 amide bonds. The smallest absolute Gasteiger partial charge is 0.305 e. The molecule has 2 atom stereocenters. The molecular weight excluding hydrogens is 256 g/mol. The number of hydrogen-bond acceptors (Lipinski definition) is 4. The first-order valence-electron chi connectivity index (χ1n) is 7.66. The van der Waals surface area contributed by atoms with Gasteiger partial charge in [0.15, 0.2) is 0 Å². The second kappa shape index (κ2) is 7.07. The lowest BCUT2D eigenvalue weighted by Gasteiger charge is -2.46. The van der Waals surface area contributed by atoms with Gasteiger partial charge >= 0.3 is 5.97 Å². The molecule has 5 nitrogen and oxygen atoms in total. The summed E-state index contributed by atoms with van der Waals surface area (Å²) >= 11 is 0. The molecule has 0 bridgehead atoms. The van der Waals surface area contributed by atoms with Crippen LogP contribution in [-0.4, -0.2) is 61.5 Å². The van der Waals surface area contributed by atoms with Crippen LogP contribution in [0.15, 0.2) is 0 Å². The molecule has 2 saturated heterocycles. The summed E-state index contributed by atoms with van der Waals surface area (Å²) in [6.45, 7) is 3.08. The predicted octanol–water partition coefficient (Wildman–Crippen LogP) is 1.27. The molecule has 2 aliphatic rings. The highest BCUT2D eigenvalue weighted by atomic mass is 16.5. The van der Waals surface area contributed by atoms with E-state index in [4.69, 9.17) is 0 Å². The SMILES string of the molecule is COC(=O)CCCC(=O)N1CCC[C@@H]2CN(C)CC[C@@H]21. The van der Waals surface area contributed by atoms with E-state index in [-0.39, 0.29) is 11.9 Å². The van der Waals surface area contributed by atoms with Crippen molar-refractivity contribution in [3.05, 3.63) is 0 Å². The van der Waals surface area contributed by atoms with E-state index >= 15 is 0 Å². The molecule has 0 aromatic rings. The fourth-order valence-electron chi connectivity index (χ4n) is 3.52. The van der Waals surface area contributed by atoms with E-state index in [1.165, 1.54) is 13.5 Å². The molecule has 0 saturated carbocycles. The van der Waals surface area contributed by atoms with Gasteiger partial charge in [0, 0.05) is 32.0 Å². The zero-order valence-corrected chi connectivity index (χ0v) is 12.6. The van der Waals surface area contributed by atoms with Crippen LogP contribution in [0, 0.1) is 5.92 Å². The molecule has 0 aromatic carbocycles. The Hall–Kier alpha value is -1.10. The van der Waals surface area contributed by atoms with E-state index in [0.717, 1.165) is 32.5 Å². The minimum absolute atomic E-state index is 0.216. The average molecular weight is 282 g/mol. The fourth-order valence-corrected chi connectivity index (χ4v) is 3.52. The van der Waals surface area contributed by atoms with Crippen molar-refractivity contribution in [2.75, 3.05) is 33.8 Å². The number of esters is 1. The maximum Gasteiger partial charge on any atom is 0.305 e. The second-order valence-corrected chi connectivity index (χ2v) is 6.04. The third kappa shape index (κ3) is 3.72. The number of hydrogen-bond donors (Lipinski definition) is 0. The van der Waals surface area contributed by atoms with Crippen LogP contribution in [0.3, 0.4) is 0 Å². The number of fused-ring (bicyclic) bond motifs is 1. The summed E-state index contributed by atoms with van der Waals surface area (Å²) in [5, 5.41) is 0. The van der Waals surface area contributed by atoms with Crippen molar-refractivity contribution < 1.29 is 14.3 Å². The van der Waals surface area contributed by atoms with Crippen LogP contribution in [0.1, 0.15) is 38.5 Å². The molecule has 5 heteroatoms. The van der Waals surface area contributed by atoms with Crippen LogP contribution < -0.4 is 0 Å². The van der Waals surface area contributed by atoms with Crippen molar-refractivity contribution in [2.45, 2.75) is 44.6 Å². The van der Waals surface area contributed by atoms with Gasteiger partial charge in [-0.2, -0.15) is 0 Å². The van der Waals surface area contributed by atoms with Crippen molar-refractivity contribution in [1.29, 1.82) is 0 Å². The Morgan fingerprint density at radius 3 is 2.75 bits per heavy atom. The lowest BCUT2D eigenvalue weighted by molar-refractivity contribution is -0.141. The molecule has 2 aliphatic heterocycles. The summed E-state index contributed by atoms with van der Waals surface area (Å²) < 4.78 is 4.61. The maximum atomic E-state index is 12.4. The summed E-state index contributed by atoms with van der Waals surface area (Å²) in [6.07, 6.45) is 4.84. The Morgan fingerprint density at radius 2 is 2.00 bits per heavy atom. The molecule has 20 heavy (non-hydrogen) atoms. The lowest BCUT2D eigenvalue weighted by Crippen LogP contribution is -2.55. The molecule has 0 unspecified atom stereocenters. The molecule has 2 heterocycles. The van der Waals surface area contributed by atoms with Crippen LogP contribution in [0.5, 0.6) is 0 Å². The fraction of sp³-hybridized carbons (Fsp3) is 0.867. The number of rotatable bonds is 4. The first kappa shape index (κ1) is 15.3. The van der Waals surface area contributed by atoms with Gasteiger partial charge in [0.2, 0.25) is 5.91 Å². The molecule has 0 spiro atoms. The first-order valence-corrected chi connectivity index (χ1v) is 7.66. The third-order valence-corrected chi connectivity index (χ3v) is 4.59. The standard InChI is InChI=1S/C15H26N2O3/c1-16-10-8-13-12(11-16)5-4-9-17(13)14(18)6-3-7-15(19)20-2/h12-13H,3-11H2,1-2H3/t12-,13+/m1/s1. The average Bonchev–Trinajstić information content (AvgIpc) is 2.45. The predicted molar refractivity (Wildman–Crippen MR) is 76.2 cm³/mol. The van der Waals surface area contributed by atoms with Gasteiger partial charge in [-0.25, -0.2) is 0 Å². The highest BCUT2D eigenvalue weighted by Gasteiger charge is 2.36. The molecule has 0 N–H and O–H groups in total. The van der Waals surface area contributed by atoms with E-state index in [9.17, 15) is 9.59 Å². The van der Waals surface area contributed by atoms with Crippen molar-refractivity contribution in [3.8, 4) is 0 Å². The summed E-state index contributed by atoms with van der Waals surface area (Å²) in [5.41, 5.74) is 0. The Kier molecular flexibility index (Phi) is 5.40. The van der Waals surface area contributed by atoms with Gasteiger partial charge in [-0.05, 0) is 45.2 Å². The molecule has 0 aromatic heterocycles. The van der Waals surface area contributed by atoms with E-state index in [1.807, 2.05) is 0 Å². The summed E-state index contributed by atoms with van der Waals surface area (Å²) in [6, 6.07) is 0.422. The number of carbonyl (C=O) groups is 2. The Balaban J connectivity index is 1.84. The molecule has 0 aliphatic carbocycles. The zero-order valence-electron chi connectivity index (χ0n) is 12.6. The van der Waals surface area contributed by atoms with Crippen molar-refractivity contribution in [1.82, 2.24) is 9.80 Å².